The van der Waals surface area contributed by atoms with Gasteiger partial charge in [0, 0.05) is 6.08 Å². The average molecular weight is 206 g/mol. The molecule has 0 amide bonds. The predicted molar refractivity (Wildman–Crippen MR) is 57.5 cm³/mol. The number of aliphatic carboxylic acids is 1. The van der Waals surface area contributed by atoms with Crippen molar-refractivity contribution < 1.29 is 15.0 Å². The van der Waals surface area contributed by atoms with E-state index >= 15 is 0 Å². The maximum absolute atomic E-state index is 10.2. The fourth-order valence-electron chi connectivity index (χ4n) is 1.25. The molecule has 3 heteroatoms. The second-order valence-corrected chi connectivity index (χ2v) is 3.29. The summed E-state index contributed by atoms with van der Waals surface area (Å²) in [6.45, 7) is 0. The minimum absolute atomic E-state index is 0.536. The molecule has 1 unspecified atom stereocenters. The number of aryl methyl sites for hydroxylation is 1. The van der Waals surface area contributed by atoms with E-state index in [9.17, 15) is 9.90 Å². The van der Waals surface area contributed by atoms with Gasteiger partial charge in [-0.2, -0.15) is 0 Å². The van der Waals surface area contributed by atoms with Gasteiger partial charge in [-0.3, -0.25) is 0 Å². The molecule has 80 valence electrons. The Morgan fingerprint density at radius 2 is 2.00 bits per heavy atom. The molecule has 1 rings (SSSR count). The first-order valence-electron chi connectivity index (χ1n) is 4.81. The highest BCUT2D eigenvalue weighted by atomic mass is 16.4. The standard InChI is InChI=1S/C12H14O3/c13-11(8-9-12(14)15)7-6-10-4-2-1-3-5-10/h1-5,8-9,11,13H,6-7H2,(H,14,15). The van der Waals surface area contributed by atoms with E-state index in [1.54, 1.807) is 0 Å². The SMILES string of the molecule is O=C(O)C=CC(O)CCc1ccccc1. The van der Waals surface area contributed by atoms with Gasteiger partial charge in [-0.25, -0.2) is 4.79 Å². The van der Waals surface area contributed by atoms with E-state index < -0.39 is 12.1 Å². The lowest BCUT2D eigenvalue weighted by atomic mass is 10.1. The third-order valence-electron chi connectivity index (χ3n) is 2.03. The average Bonchev–Trinajstić information content (AvgIpc) is 2.25. The summed E-state index contributed by atoms with van der Waals surface area (Å²) in [5, 5.41) is 17.8. The molecular formula is C12H14O3. The fourth-order valence-corrected chi connectivity index (χ4v) is 1.25. The summed E-state index contributed by atoms with van der Waals surface area (Å²) < 4.78 is 0. The molecule has 0 fully saturated rings. The van der Waals surface area contributed by atoms with Crippen molar-refractivity contribution in [3.8, 4) is 0 Å². The van der Waals surface area contributed by atoms with Crippen LogP contribution in [0.3, 0.4) is 0 Å². The van der Waals surface area contributed by atoms with E-state index in [2.05, 4.69) is 0 Å². The van der Waals surface area contributed by atoms with Crippen molar-refractivity contribution in [2.24, 2.45) is 0 Å². The Bertz CT molecular complexity index is 330. The van der Waals surface area contributed by atoms with Crippen molar-refractivity contribution in [1.29, 1.82) is 0 Å². The molecule has 0 saturated heterocycles. The zero-order valence-electron chi connectivity index (χ0n) is 8.34. The molecule has 0 aliphatic carbocycles. The maximum Gasteiger partial charge on any atom is 0.328 e. The minimum Gasteiger partial charge on any atom is -0.478 e. The van der Waals surface area contributed by atoms with E-state index in [1.807, 2.05) is 30.3 Å². The first kappa shape index (κ1) is 11.5. The van der Waals surface area contributed by atoms with Gasteiger partial charge in [0.15, 0.2) is 0 Å². The van der Waals surface area contributed by atoms with Gasteiger partial charge in [0.05, 0.1) is 6.10 Å². The zero-order chi connectivity index (χ0) is 11.1. The van der Waals surface area contributed by atoms with Crippen LogP contribution in [0.4, 0.5) is 0 Å². The monoisotopic (exact) mass is 206 g/mol. The van der Waals surface area contributed by atoms with Crippen LogP contribution in [0.25, 0.3) is 0 Å². The Balaban J connectivity index is 2.34. The summed E-state index contributed by atoms with van der Waals surface area (Å²) in [5.74, 6) is -1.03. The number of rotatable bonds is 5. The van der Waals surface area contributed by atoms with Crippen LogP contribution in [0.2, 0.25) is 0 Å². The number of hydrogen-bond donors (Lipinski definition) is 2. The number of carboxylic acids is 1. The third kappa shape index (κ3) is 4.98. The molecule has 0 bridgehead atoms. The summed E-state index contributed by atoms with van der Waals surface area (Å²) in [7, 11) is 0. The van der Waals surface area contributed by atoms with Crippen LogP contribution in [0, 0.1) is 0 Å². The molecular weight excluding hydrogens is 192 g/mol. The lowest BCUT2D eigenvalue weighted by molar-refractivity contribution is -0.131. The number of aliphatic hydroxyl groups excluding tert-OH is 1. The number of hydrogen-bond acceptors (Lipinski definition) is 2. The normalized spacial score (nSPS) is 12.9. The molecule has 2 N–H and O–H groups in total. The van der Waals surface area contributed by atoms with Crippen molar-refractivity contribution in [1.82, 2.24) is 0 Å². The van der Waals surface area contributed by atoms with Crippen molar-refractivity contribution in [2.45, 2.75) is 18.9 Å². The number of benzene rings is 1. The zero-order valence-corrected chi connectivity index (χ0v) is 8.34. The molecule has 0 aliphatic rings. The van der Waals surface area contributed by atoms with Gasteiger partial charge in [-0.1, -0.05) is 30.3 Å². The molecule has 1 atom stereocenters. The van der Waals surface area contributed by atoms with Crippen LogP contribution >= 0.6 is 0 Å². The van der Waals surface area contributed by atoms with E-state index in [4.69, 9.17) is 5.11 Å². The van der Waals surface area contributed by atoms with Crippen molar-refractivity contribution in [3.05, 3.63) is 48.0 Å². The third-order valence-corrected chi connectivity index (χ3v) is 2.03. The highest BCUT2D eigenvalue weighted by Crippen LogP contribution is 2.05. The molecule has 0 spiro atoms. The predicted octanol–water partition coefficient (Wildman–Crippen LogP) is 1.62. The van der Waals surface area contributed by atoms with Crippen LogP contribution in [0.15, 0.2) is 42.5 Å². The van der Waals surface area contributed by atoms with E-state index in [0.717, 1.165) is 18.1 Å². The van der Waals surface area contributed by atoms with Gasteiger partial charge < -0.3 is 10.2 Å². The van der Waals surface area contributed by atoms with Gasteiger partial charge in [-0.15, -0.1) is 0 Å². The lowest BCUT2D eigenvalue weighted by Gasteiger charge is -2.04. The number of carbonyl (C=O) groups is 1. The van der Waals surface area contributed by atoms with E-state index in [0.29, 0.717) is 6.42 Å². The Hall–Kier alpha value is -1.61. The molecule has 0 saturated carbocycles. The molecule has 3 nitrogen and oxygen atoms in total. The highest BCUT2D eigenvalue weighted by Gasteiger charge is 2.00. The fraction of sp³-hybridized carbons (Fsp3) is 0.250. The van der Waals surface area contributed by atoms with Crippen LogP contribution in [0.5, 0.6) is 0 Å². The summed E-state index contributed by atoms with van der Waals surface area (Å²) in [6.07, 6.45) is 2.85. The van der Waals surface area contributed by atoms with Gasteiger partial charge in [-0.05, 0) is 24.5 Å². The number of aliphatic hydroxyl groups is 1. The molecule has 0 aromatic heterocycles. The largest absolute Gasteiger partial charge is 0.478 e. The number of carboxylic acid groups (broad SMARTS) is 1. The van der Waals surface area contributed by atoms with Gasteiger partial charge in [0.25, 0.3) is 0 Å². The molecule has 0 heterocycles. The van der Waals surface area contributed by atoms with Crippen LogP contribution < -0.4 is 0 Å². The first-order chi connectivity index (χ1) is 7.18. The smallest absolute Gasteiger partial charge is 0.328 e. The molecule has 1 aromatic rings. The van der Waals surface area contributed by atoms with Gasteiger partial charge in [0.1, 0.15) is 0 Å². The Labute approximate surface area is 88.7 Å². The topological polar surface area (TPSA) is 57.5 Å². The summed E-state index contributed by atoms with van der Waals surface area (Å²) >= 11 is 0. The van der Waals surface area contributed by atoms with Crippen LogP contribution in [0.1, 0.15) is 12.0 Å². The molecule has 15 heavy (non-hydrogen) atoms. The first-order valence-corrected chi connectivity index (χ1v) is 4.81. The Kier molecular flexibility index (Phi) is 4.57. The summed E-state index contributed by atoms with van der Waals surface area (Å²) in [4.78, 5) is 10.2. The van der Waals surface area contributed by atoms with E-state index in [-0.39, 0.29) is 0 Å². The second kappa shape index (κ2) is 5.98. The minimum atomic E-state index is -1.03. The summed E-state index contributed by atoms with van der Waals surface area (Å²) in [6, 6.07) is 9.77. The van der Waals surface area contributed by atoms with Crippen LogP contribution in [-0.4, -0.2) is 22.3 Å². The van der Waals surface area contributed by atoms with Crippen molar-refractivity contribution in [2.75, 3.05) is 0 Å². The maximum atomic E-state index is 10.2. The molecule has 1 aromatic carbocycles. The summed E-state index contributed by atoms with van der Waals surface area (Å²) in [5.41, 5.74) is 1.14. The molecule has 0 aliphatic heterocycles. The Morgan fingerprint density at radius 3 is 2.60 bits per heavy atom. The second-order valence-electron chi connectivity index (χ2n) is 3.29. The van der Waals surface area contributed by atoms with Crippen molar-refractivity contribution >= 4 is 5.97 Å². The van der Waals surface area contributed by atoms with E-state index in [1.165, 1.54) is 6.08 Å². The molecule has 0 radical (unpaired) electrons. The quantitative estimate of drug-likeness (QED) is 0.720. The van der Waals surface area contributed by atoms with Crippen LogP contribution in [-0.2, 0) is 11.2 Å². The lowest BCUT2D eigenvalue weighted by Crippen LogP contribution is -2.05. The highest BCUT2D eigenvalue weighted by molar-refractivity contribution is 5.79. The Morgan fingerprint density at radius 1 is 1.33 bits per heavy atom. The van der Waals surface area contributed by atoms with Gasteiger partial charge in [0.2, 0.25) is 0 Å². The van der Waals surface area contributed by atoms with Gasteiger partial charge >= 0.3 is 5.97 Å². The van der Waals surface area contributed by atoms with Crippen molar-refractivity contribution in [3.63, 3.8) is 0 Å².